The van der Waals surface area contributed by atoms with Crippen LogP contribution in [0.1, 0.15) is 62.2 Å². The number of hydrogen-bond donors (Lipinski definition) is 2. The highest BCUT2D eigenvalue weighted by Gasteiger charge is 2.20. The van der Waals surface area contributed by atoms with Gasteiger partial charge in [0.2, 0.25) is 0 Å². The molecule has 0 aromatic heterocycles. The number of unbranched alkanes of at least 4 members (excludes halogenated alkanes) is 5. The molecular formula is C17H23Br2NO3. The molecule has 0 saturated heterocycles. The molecule has 1 rings (SSSR count). The second kappa shape index (κ2) is 10.8. The fourth-order valence-corrected chi connectivity index (χ4v) is 3.61. The predicted octanol–water partition coefficient (Wildman–Crippen LogP) is 5.15. The molecule has 0 bridgehead atoms. The van der Waals surface area contributed by atoms with Crippen molar-refractivity contribution in [3.8, 4) is 0 Å². The Morgan fingerprint density at radius 3 is 2.17 bits per heavy atom. The molecule has 0 aliphatic carbocycles. The summed E-state index contributed by atoms with van der Waals surface area (Å²) >= 11 is 6.64. The van der Waals surface area contributed by atoms with Crippen molar-refractivity contribution in [1.29, 1.82) is 0 Å². The van der Waals surface area contributed by atoms with E-state index in [-0.39, 0.29) is 5.91 Å². The number of carboxylic acids is 1. The lowest BCUT2D eigenvalue weighted by Crippen LogP contribution is -2.40. The topological polar surface area (TPSA) is 66.4 Å². The molecule has 6 heteroatoms. The monoisotopic (exact) mass is 447 g/mol. The van der Waals surface area contributed by atoms with Gasteiger partial charge in [0.15, 0.2) is 0 Å². The van der Waals surface area contributed by atoms with Gasteiger partial charge in [0.25, 0.3) is 5.91 Å². The molecule has 0 unspecified atom stereocenters. The third-order valence-electron chi connectivity index (χ3n) is 3.57. The molecule has 0 spiro atoms. The molecule has 0 heterocycles. The van der Waals surface area contributed by atoms with Crippen molar-refractivity contribution >= 4 is 43.7 Å². The molecule has 0 saturated carbocycles. The van der Waals surface area contributed by atoms with Crippen molar-refractivity contribution in [3.63, 3.8) is 0 Å². The van der Waals surface area contributed by atoms with Gasteiger partial charge in [-0.05, 0) is 24.6 Å². The van der Waals surface area contributed by atoms with E-state index in [1.807, 2.05) is 6.07 Å². The Morgan fingerprint density at radius 1 is 1.04 bits per heavy atom. The molecular weight excluding hydrogens is 426 g/mol. The van der Waals surface area contributed by atoms with E-state index in [0.29, 0.717) is 12.0 Å². The third-order valence-corrected chi connectivity index (χ3v) is 4.49. The number of aliphatic carboxylic acids is 1. The molecule has 1 atom stereocenters. The second-order valence-electron chi connectivity index (χ2n) is 5.58. The van der Waals surface area contributed by atoms with E-state index in [1.165, 1.54) is 19.3 Å². The Kier molecular flexibility index (Phi) is 9.48. The van der Waals surface area contributed by atoms with Gasteiger partial charge in [0.05, 0.1) is 0 Å². The van der Waals surface area contributed by atoms with Crippen LogP contribution in [0.5, 0.6) is 0 Å². The largest absolute Gasteiger partial charge is 0.480 e. The minimum atomic E-state index is -0.985. The lowest BCUT2D eigenvalue weighted by Gasteiger charge is -2.15. The lowest BCUT2D eigenvalue weighted by molar-refractivity contribution is -0.139. The molecule has 1 aromatic rings. The molecule has 0 fully saturated rings. The Labute approximate surface area is 154 Å². The highest BCUT2D eigenvalue weighted by molar-refractivity contribution is 9.11. The number of amides is 1. The summed E-state index contributed by atoms with van der Waals surface area (Å²) in [5, 5.41) is 11.9. The number of halogens is 2. The van der Waals surface area contributed by atoms with Crippen LogP contribution in [0.3, 0.4) is 0 Å². The van der Waals surface area contributed by atoms with Crippen LogP contribution < -0.4 is 5.32 Å². The average Bonchev–Trinajstić information content (AvgIpc) is 2.48. The molecule has 0 radical (unpaired) electrons. The average molecular weight is 449 g/mol. The summed E-state index contributed by atoms with van der Waals surface area (Å²) in [5.41, 5.74) is 0.431. The Bertz CT molecular complexity index is 514. The van der Waals surface area contributed by atoms with Crippen LogP contribution in [0.15, 0.2) is 27.1 Å². The smallest absolute Gasteiger partial charge is 0.326 e. The highest BCUT2D eigenvalue weighted by atomic mass is 79.9. The quantitative estimate of drug-likeness (QED) is 0.486. The summed E-state index contributed by atoms with van der Waals surface area (Å²) in [7, 11) is 0. The van der Waals surface area contributed by atoms with Crippen molar-refractivity contribution in [3.05, 3.63) is 32.7 Å². The molecule has 23 heavy (non-hydrogen) atoms. The zero-order valence-corrected chi connectivity index (χ0v) is 16.5. The van der Waals surface area contributed by atoms with Crippen LogP contribution in [0, 0.1) is 0 Å². The van der Waals surface area contributed by atoms with E-state index in [2.05, 4.69) is 44.1 Å². The first kappa shape index (κ1) is 20.2. The summed E-state index contributed by atoms with van der Waals surface area (Å²) < 4.78 is 1.53. The first-order valence-corrected chi connectivity index (χ1v) is 9.52. The molecule has 0 aliphatic heterocycles. The van der Waals surface area contributed by atoms with Crippen LogP contribution in [-0.2, 0) is 4.79 Å². The summed E-state index contributed by atoms with van der Waals surface area (Å²) in [6.45, 7) is 2.16. The molecule has 0 aliphatic rings. The van der Waals surface area contributed by atoms with E-state index >= 15 is 0 Å². The number of rotatable bonds is 10. The van der Waals surface area contributed by atoms with Crippen molar-refractivity contribution in [2.75, 3.05) is 0 Å². The Hall–Kier alpha value is -0.880. The van der Waals surface area contributed by atoms with Crippen LogP contribution in [0.4, 0.5) is 0 Å². The van der Waals surface area contributed by atoms with Gasteiger partial charge in [-0.25, -0.2) is 4.79 Å². The van der Waals surface area contributed by atoms with Crippen molar-refractivity contribution < 1.29 is 14.7 Å². The Morgan fingerprint density at radius 2 is 1.61 bits per heavy atom. The maximum Gasteiger partial charge on any atom is 0.326 e. The van der Waals surface area contributed by atoms with Crippen LogP contribution >= 0.6 is 31.9 Å². The highest BCUT2D eigenvalue weighted by Crippen LogP contribution is 2.20. The molecule has 1 aromatic carbocycles. The molecule has 1 amide bonds. The third kappa shape index (κ3) is 7.97. The van der Waals surface area contributed by atoms with E-state index in [4.69, 9.17) is 0 Å². The zero-order chi connectivity index (χ0) is 17.2. The summed E-state index contributed by atoms with van der Waals surface area (Å²) in [5.74, 6) is -1.36. The lowest BCUT2D eigenvalue weighted by atomic mass is 10.1. The van der Waals surface area contributed by atoms with Crippen LogP contribution in [-0.4, -0.2) is 23.0 Å². The summed E-state index contributed by atoms with van der Waals surface area (Å²) in [6.07, 6.45) is 6.99. The first-order valence-electron chi connectivity index (χ1n) is 7.93. The van der Waals surface area contributed by atoms with Gasteiger partial charge in [0, 0.05) is 14.5 Å². The number of benzene rings is 1. The van der Waals surface area contributed by atoms with Gasteiger partial charge in [-0.2, -0.15) is 0 Å². The maximum absolute atomic E-state index is 12.2. The van der Waals surface area contributed by atoms with Crippen LogP contribution in [0.2, 0.25) is 0 Å². The van der Waals surface area contributed by atoms with Gasteiger partial charge in [-0.3, -0.25) is 4.79 Å². The molecule has 128 valence electrons. The first-order chi connectivity index (χ1) is 10.9. The van der Waals surface area contributed by atoms with Crippen molar-refractivity contribution in [2.45, 2.75) is 57.9 Å². The normalized spacial score (nSPS) is 12.0. The second-order valence-corrected chi connectivity index (χ2v) is 7.41. The summed E-state index contributed by atoms with van der Waals surface area (Å²) in [4.78, 5) is 23.6. The minimum absolute atomic E-state index is 0.370. The number of nitrogens with one attached hydrogen (secondary N) is 1. The van der Waals surface area contributed by atoms with Gasteiger partial charge in [-0.15, -0.1) is 0 Å². The van der Waals surface area contributed by atoms with Gasteiger partial charge < -0.3 is 10.4 Å². The maximum atomic E-state index is 12.2. The van der Waals surface area contributed by atoms with E-state index in [0.717, 1.165) is 28.2 Å². The molecule has 4 nitrogen and oxygen atoms in total. The van der Waals surface area contributed by atoms with Crippen molar-refractivity contribution in [2.24, 2.45) is 0 Å². The fraction of sp³-hybridized carbons (Fsp3) is 0.529. The molecule has 2 N–H and O–H groups in total. The predicted molar refractivity (Wildman–Crippen MR) is 98.7 cm³/mol. The van der Waals surface area contributed by atoms with Gasteiger partial charge in [-0.1, -0.05) is 77.3 Å². The van der Waals surface area contributed by atoms with Gasteiger partial charge >= 0.3 is 5.97 Å². The van der Waals surface area contributed by atoms with E-state index in [1.54, 1.807) is 12.1 Å². The van der Waals surface area contributed by atoms with E-state index < -0.39 is 12.0 Å². The number of carbonyl (C=O) groups is 2. The SMILES string of the molecule is CCCCCCCC[C@H](NC(=O)c1cc(Br)cc(Br)c1)C(=O)O. The zero-order valence-electron chi connectivity index (χ0n) is 13.3. The minimum Gasteiger partial charge on any atom is -0.480 e. The van der Waals surface area contributed by atoms with E-state index in [9.17, 15) is 14.7 Å². The number of hydrogen-bond acceptors (Lipinski definition) is 2. The van der Waals surface area contributed by atoms with Gasteiger partial charge in [0.1, 0.15) is 6.04 Å². The summed E-state index contributed by atoms with van der Waals surface area (Å²) in [6, 6.07) is 4.32. The standard InChI is InChI=1S/C17H23Br2NO3/c1-2-3-4-5-6-7-8-15(17(22)23)20-16(21)12-9-13(18)11-14(19)10-12/h9-11,15H,2-8H2,1H3,(H,20,21)(H,22,23)/t15-/m0/s1. The number of carbonyl (C=O) groups excluding carboxylic acids is 1. The van der Waals surface area contributed by atoms with Crippen molar-refractivity contribution in [1.82, 2.24) is 5.32 Å². The fourth-order valence-electron chi connectivity index (χ4n) is 2.31. The Balaban J connectivity index is 2.51. The van der Waals surface area contributed by atoms with Crippen LogP contribution in [0.25, 0.3) is 0 Å². The number of carboxylic acid groups (broad SMARTS) is 1.